The van der Waals surface area contributed by atoms with E-state index in [0.29, 0.717) is 0 Å². The van der Waals surface area contributed by atoms with Crippen molar-refractivity contribution < 1.29 is 0 Å². The normalized spacial score (nSPS) is 11.0. The van der Waals surface area contributed by atoms with Gasteiger partial charge in [0.15, 0.2) is 0 Å². The van der Waals surface area contributed by atoms with Crippen molar-refractivity contribution in [1.82, 2.24) is 0 Å². The monoisotopic (exact) mass is 314 g/mol. The fourth-order valence-electron chi connectivity index (χ4n) is 2.11. The second-order valence-corrected chi connectivity index (χ2v) is 5.14. The Labute approximate surface area is 141 Å². The van der Waals surface area contributed by atoms with Crippen molar-refractivity contribution in [2.75, 3.05) is 10.9 Å². The van der Waals surface area contributed by atoms with Crippen LogP contribution < -0.4 is 10.9 Å². The molecule has 3 aromatic rings. The summed E-state index contributed by atoms with van der Waals surface area (Å²) in [4.78, 5) is 0. The van der Waals surface area contributed by atoms with Crippen LogP contribution in [0.25, 0.3) is 0 Å². The van der Waals surface area contributed by atoms with Gasteiger partial charge in [-0.3, -0.25) is 10.9 Å². The van der Waals surface area contributed by atoms with Crippen LogP contribution in [0.4, 0.5) is 11.4 Å². The lowest BCUT2D eigenvalue weighted by molar-refractivity contribution is 1.34. The molecule has 0 spiro atoms. The second kappa shape index (κ2) is 8.29. The molecule has 24 heavy (non-hydrogen) atoms. The van der Waals surface area contributed by atoms with E-state index in [2.05, 4.69) is 21.1 Å². The predicted molar refractivity (Wildman–Crippen MR) is 102 cm³/mol. The molecule has 0 aromatic heterocycles. The third-order valence-electron chi connectivity index (χ3n) is 3.27. The molecule has 0 aliphatic rings. The summed E-state index contributed by atoms with van der Waals surface area (Å²) in [5, 5.41) is 8.49. The lowest BCUT2D eigenvalue weighted by Crippen LogP contribution is -1.93. The molecule has 118 valence electrons. The molecule has 3 rings (SSSR count). The summed E-state index contributed by atoms with van der Waals surface area (Å²) in [6.07, 6.45) is 3.57. The average molecular weight is 314 g/mol. The smallest absolute Gasteiger partial charge is 0.0561 e. The van der Waals surface area contributed by atoms with Crippen LogP contribution >= 0.6 is 0 Å². The maximum atomic E-state index is 4.25. The van der Waals surface area contributed by atoms with Gasteiger partial charge in [0.25, 0.3) is 0 Å². The molecule has 0 radical (unpaired) electrons. The topological polar surface area (TPSA) is 48.8 Å². The van der Waals surface area contributed by atoms with E-state index in [1.165, 1.54) is 0 Å². The molecule has 2 N–H and O–H groups in total. The van der Waals surface area contributed by atoms with Gasteiger partial charge < -0.3 is 0 Å². The Morgan fingerprint density at radius 2 is 1.00 bits per heavy atom. The van der Waals surface area contributed by atoms with E-state index in [-0.39, 0.29) is 0 Å². The quantitative estimate of drug-likeness (QED) is 0.517. The van der Waals surface area contributed by atoms with Crippen LogP contribution in [0.5, 0.6) is 0 Å². The largest absolute Gasteiger partial charge is 0.279 e. The highest BCUT2D eigenvalue weighted by Gasteiger charge is 1.92. The van der Waals surface area contributed by atoms with Gasteiger partial charge in [0.1, 0.15) is 0 Å². The molecule has 0 saturated heterocycles. The van der Waals surface area contributed by atoms with Crippen molar-refractivity contribution in [2.45, 2.75) is 0 Å². The van der Waals surface area contributed by atoms with Gasteiger partial charge in [-0.15, -0.1) is 0 Å². The van der Waals surface area contributed by atoms with Gasteiger partial charge in [0.2, 0.25) is 0 Å². The van der Waals surface area contributed by atoms with Crippen LogP contribution in [-0.2, 0) is 0 Å². The Morgan fingerprint density at radius 3 is 1.46 bits per heavy atom. The lowest BCUT2D eigenvalue weighted by atomic mass is 10.1. The van der Waals surface area contributed by atoms with Crippen molar-refractivity contribution in [3.63, 3.8) is 0 Å². The fraction of sp³-hybridized carbons (Fsp3) is 0. The Morgan fingerprint density at radius 1 is 0.542 bits per heavy atom. The molecule has 0 saturated carbocycles. The van der Waals surface area contributed by atoms with Gasteiger partial charge in [0, 0.05) is 0 Å². The van der Waals surface area contributed by atoms with Crippen LogP contribution in [0.15, 0.2) is 95.1 Å². The summed E-state index contributed by atoms with van der Waals surface area (Å²) in [6.45, 7) is 0. The minimum atomic E-state index is 0.957. The summed E-state index contributed by atoms with van der Waals surface area (Å²) in [5.74, 6) is 0. The molecule has 0 amide bonds. The number of anilines is 2. The van der Waals surface area contributed by atoms with E-state index < -0.39 is 0 Å². The zero-order chi connectivity index (χ0) is 16.5. The number of nitrogens with zero attached hydrogens (tertiary/aromatic N) is 2. The summed E-state index contributed by atoms with van der Waals surface area (Å²) < 4.78 is 0. The van der Waals surface area contributed by atoms with E-state index in [0.717, 1.165) is 22.5 Å². The molecule has 0 aliphatic carbocycles. The van der Waals surface area contributed by atoms with Crippen molar-refractivity contribution in [3.05, 3.63) is 96.1 Å². The third-order valence-corrected chi connectivity index (χ3v) is 3.27. The minimum Gasteiger partial charge on any atom is -0.279 e. The molecule has 0 unspecified atom stereocenters. The average Bonchev–Trinajstić information content (AvgIpc) is 2.64. The highest BCUT2D eigenvalue weighted by Crippen LogP contribution is 2.06. The van der Waals surface area contributed by atoms with Crippen LogP contribution in [0.3, 0.4) is 0 Å². The van der Waals surface area contributed by atoms with Gasteiger partial charge in [-0.05, 0) is 41.5 Å². The van der Waals surface area contributed by atoms with Crippen molar-refractivity contribution in [3.8, 4) is 0 Å². The third kappa shape index (κ3) is 4.81. The van der Waals surface area contributed by atoms with Crippen LogP contribution in [0.2, 0.25) is 0 Å². The first-order chi connectivity index (χ1) is 11.9. The van der Waals surface area contributed by atoms with Gasteiger partial charge in [0.05, 0.1) is 23.8 Å². The summed E-state index contributed by atoms with van der Waals surface area (Å²) in [6, 6.07) is 27.7. The van der Waals surface area contributed by atoms with Gasteiger partial charge in [-0.1, -0.05) is 54.6 Å². The molecule has 0 heterocycles. The lowest BCUT2D eigenvalue weighted by Gasteiger charge is -2.00. The standard InChI is InChI=1S/C20H18N4/c1-3-10-19(11-4-1)23-21-15-17-8-7-9-18(14-17)16-22-24-20-12-5-2-6-13-20/h1-16,23-24H/b21-15-,22-16-. The Hall–Kier alpha value is -3.40. The summed E-state index contributed by atoms with van der Waals surface area (Å²) in [7, 11) is 0. The molecule has 0 fully saturated rings. The molecular weight excluding hydrogens is 296 g/mol. The number of hydrazone groups is 2. The zero-order valence-corrected chi connectivity index (χ0v) is 13.1. The molecule has 0 atom stereocenters. The van der Waals surface area contributed by atoms with E-state index >= 15 is 0 Å². The highest BCUT2D eigenvalue weighted by atomic mass is 15.3. The number of para-hydroxylation sites is 2. The van der Waals surface area contributed by atoms with E-state index in [4.69, 9.17) is 0 Å². The zero-order valence-electron chi connectivity index (χ0n) is 13.1. The number of nitrogens with one attached hydrogen (secondary N) is 2. The van der Waals surface area contributed by atoms with Crippen LogP contribution in [0.1, 0.15) is 11.1 Å². The predicted octanol–water partition coefficient (Wildman–Crippen LogP) is 4.58. The van der Waals surface area contributed by atoms with Crippen molar-refractivity contribution in [1.29, 1.82) is 0 Å². The molecular formula is C20H18N4. The van der Waals surface area contributed by atoms with Crippen LogP contribution in [0, 0.1) is 0 Å². The first-order valence-electron chi connectivity index (χ1n) is 7.68. The molecule has 0 bridgehead atoms. The van der Waals surface area contributed by atoms with E-state index in [1.807, 2.05) is 84.9 Å². The first kappa shape index (κ1) is 15.5. The SMILES string of the molecule is C(=N/Nc1ccccc1)/c1cccc(/C=N\Nc2ccccc2)c1. The van der Waals surface area contributed by atoms with E-state index in [1.54, 1.807) is 12.4 Å². The summed E-state index contributed by atoms with van der Waals surface area (Å²) >= 11 is 0. The number of benzene rings is 3. The first-order valence-corrected chi connectivity index (χ1v) is 7.68. The van der Waals surface area contributed by atoms with E-state index in [9.17, 15) is 0 Å². The highest BCUT2D eigenvalue weighted by molar-refractivity contribution is 5.86. The minimum absolute atomic E-state index is 0.957. The number of rotatable bonds is 6. The Kier molecular flexibility index (Phi) is 5.35. The fourth-order valence-corrected chi connectivity index (χ4v) is 2.11. The molecule has 4 nitrogen and oxygen atoms in total. The maximum Gasteiger partial charge on any atom is 0.0561 e. The van der Waals surface area contributed by atoms with Crippen LogP contribution in [-0.4, -0.2) is 12.4 Å². The van der Waals surface area contributed by atoms with Crippen molar-refractivity contribution in [2.24, 2.45) is 10.2 Å². The number of hydrogen-bond acceptors (Lipinski definition) is 4. The molecule has 4 heteroatoms. The van der Waals surface area contributed by atoms with Gasteiger partial charge >= 0.3 is 0 Å². The number of hydrogen-bond donors (Lipinski definition) is 2. The van der Waals surface area contributed by atoms with Crippen molar-refractivity contribution >= 4 is 23.8 Å². The maximum absolute atomic E-state index is 4.25. The molecule has 3 aromatic carbocycles. The Balaban J connectivity index is 1.59. The molecule has 0 aliphatic heterocycles. The Bertz CT molecular complexity index is 745. The van der Waals surface area contributed by atoms with Gasteiger partial charge in [-0.2, -0.15) is 10.2 Å². The summed E-state index contributed by atoms with van der Waals surface area (Å²) in [5.41, 5.74) is 9.92. The second-order valence-electron chi connectivity index (χ2n) is 5.14. The van der Waals surface area contributed by atoms with Gasteiger partial charge in [-0.25, -0.2) is 0 Å².